The molecule has 6 nitrogen and oxygen atoms in total. The van der Waals surface area contributed by atoms with Crippen LogP contribution in [0.25, 0.3) is 5.57 Å². The van der Waals surface area contributed by atoms with E-state index in [1.165, 1.54) is 12.1 Å². The van der Waals surface area contributed by atoms with E-state index in [2.05, 4.69) is 6.58 Å². The number of nitrogens with zero attached hydrogens (tertiary/aromatic N) is 2. The highest BCUT2D eigenvalue weighted by molar-refractivity contribution is 6.09. The molecular weight excluding hydrogens is 380 g/mol. The van der Waals surface area contributed by atoms with Gasteiger partial charge in [-0.05, 0) is 36.0 Å². The minimum absolute atomic E-state index is 0.0201. The van der Waals surface area contributed by atoms with E-state index in [0.29, 0.717) is 49.9 Å². The molecule has 6 heteroatoms. The van der Waals surface area contributed by atoms with E-state index in [9.17, 15) is 19.7 Å². The molecule has 2 aliphatic rings. The number of hydrogen-bond donors (Lipinski definition) is 0. The van der Waals surface area contributed by atoms with Gasteiger partial charge in [-0.25, -0.2) is 0 Å². The normalized spacial score (nSPS) is 23.7. The molecule has 2 atom stereocenters. The molecule has 30 heavy (non-hydrogen) atoms. The summed E-state index contributed by atoms with van der Waals surface area (Å²) in [5.74, 6) is -0.493. The zero-order valence-electron chi connectivity index (χ0n) is 16.8. The Balaban J connectivity index is 1.67. The van der Waals surface area contributed by atoms with E-state index < -0.39 is 10.3 Å². The van der Waals surface area contributed by atoms with Gasteiger partial charge in [0, 0.05) is 37.6 Å². The predicted molar refractivity (Wildman–Crippen MR) is 113 cm³/mol. The van der Waals surface area contributed by atoms with Crippen LogP contribution in [0.5, 0.6) is 0 Å². The lowest BCUT2D eigenvalue weighted by molar-refractivity contribution is -0.384. The fourth-order valence-electron chi connectivity index (χ4n) is 5.00. The number of carbonyl (C=O) groups is 2. The van der Waals surface area contributed by atoms with Gasteiger partial charge in [0.05, 0.1) is 4.92 Å². The molecule has 0 N–H and O–H groups in total. The molecule has 2 aromatic rings. The minimum atomic E-state index is -1.10. The largest absolute Gasteiger partial charge is 0.337 e. The van der Waals surface area contributed by atoms with Gasteiger partial charge in [0.2, 0.25) is 5.91 Å². The molecule has 1 amide bonds. The zero-order chi connectivity index (χ0) is 21.3. The van der Waals surface area contributed by atoms with Gasteiger partial charge in [-0.1, -0.05) is 49.0 Å². The van der Waals surface area contributed by atoms with Crippen LogP contribution in [0.3, 0.4) is 0 Å². The maximum Gasteiger partial charge on any atom is 0.270 e. The van der Waals surface area contributed by atoms with Gasteiger partial charge >= 0.3 is 0 Å². The maximum absolute atomic E-state index is 13.6. The van der Waals surface area contributed by atoms with Gasteiger partial charge in [0.1, 0.15) is 11.2 Å². The van der Waals surface area contributed by atoms with E-state index >= 15 is 0 Å². The summed E-state index contributed by atoms with van der Waals surface area (Å²) in [6, 6.07) is 16.1. The number of non-ortho nitro benzene ring substituents is 1. The van der Waals surface area contributed by atoms with Crippen LogP contribution in [0.15, 0.2) is 61.2 Å². The van der Waals surface area contributed by atoms with Crippen LogP contribution in [-0.4, -0.2) is 28.1 Å². The SMILES string of the molecule is C=C(c1cccc([N+](=O)[O-])c1)[C@H]1CCN(Cc2ccccc2)C(=O)[C@@]12CCCC2=O. The molecule has 4 rings (SSSR count). The van der Waals surface area contributed by atoms with Crippen LogP contribution >= 0.6 is 0 Å². The third-order valence-electron chi connectivity index (χ3n) is 6.49. The highest BCUT2D eigenvalue weighted by Gasteiger charge is 2.58. The highest BCUT2D eigenvalue weighted by atomic mass is 16.6. The number of hydrogen-bond acceptors (Lipinski definition) is 4. The Hall–Kier alpha value is -3.28. The van der Waals surface area contributed by atoms with Crippen molar-refractivity contribution >= 4 is 23.0 Å². The lowest BCUT2D eigenvalue weighted by Crippen LogP contribution is -2.55. The summed E-state index contributed by atoms with van der Waals surface area (Å²) < 4.78 is 0. The number of benzene rings is 2. The molecule has 1 heterocycles. The number of carbonyl (C=O) groups excluding carboxylic acids is 2. The van der Waals surface area contributed by atoms with Crippen molar-refractivity contribution < 1.29 is 14.5 Å². The molecule has 0 aromatic heterocycles. The minimum Gasteiger partial charge on any atom is -0.337 e. The Morgan fingerprint density at radius 1 is 1.17 bits per heavy atom. The van der Waals surface area contributed by atoms with Crippen molar-refractivity contribution in [3.8, 4) is 0 Å². The average molecular weight is 404 g/mol. The Morgan fingerprint density at radius 2 is 1.93 bits per heavy atom. The Bertz CT molecular complexity index is 1020. The van der Waals surface area contributed by atoms with Crippen LogP contribution in [0.4, 0.5) is 5.69 Å². The van der Waals surface area contributed by atoms with E-state index in [0.717, 1.165) is 5.56 Å². The third kappa shape index (κ3) is 3.32. The van der Waals surface area contributed by atoms with Gasteiger partial charge in [0.25, 0.3) is 5.69 Å². The number of nitro benzene ring substituents is 1. The summed E-state index contributed by atoms with van der Waals surface area (Å²) in [6.45, 7) is 5.21. The first-order valence-electron chi connectivity index (χ1n) is 10.2. The van der Waals surface area contributed by atoms with Crippen molar-refractivity contribution in [3.05, 3.63) is 82.4 Å². The van der Waals surface area contributed by atoms with Gasteiger partial charge in [0.15, 0.2) is 0 Å². The Labute approximate surface area is 175 Å². The van der Waals surface area contributed by atoms with Crippen LogP contribution in [0, 0.1) is 21.4 Å². The molecule has 0 radical (unpaired) electrons. The van der Waals surface area contributed by atoms with Crippen molar-refractivity contribution in [2.24, 2.45) is 11.3 Å². The molecule has 0 unspecified atom stereocenters. The van der Waals surface area contributed by atoms with Crippen molar-refractivity contribution in [1.29, 1.82) is 0 Å². The molecule has 1 saturated carbocycles. The van der Waals surface area contributed by atoms with E-state index in [1.807, 2.05) is 30.3 Å². The smallest absolute Gasteiger partial charge is 0.270 e. The van der Waals surface area contributed by atoms with Crippen molar-refractivity contribution in [2.45, 2.75) is 32.2 Å². The van der Waals surface area contributed by atoms with Gasteiger partial charge < -0.3 is 4.90 Å². The molecule has 154 valence electrons. The predicted octanol–water partition coefficient (Wildman–Crippen LogP) is 4.40. The lowest BCUT2D eigenvalue weighted by atomic mass is 9.64. The number of piperidine rings is 1. The third-order valence-corrected chi connectivity index (χ3v) is 6.49. The Kier molecular flexibility index (Phi) is 5.24. The lowest BCUT2D eigenvalue weighted by Gasteiger charge is -2.45. The summed E-state index contributed by atoms with van der Waals surface area (Å²) in [5, 5.41) is 11.2. The summed E-state index contributed by atoms with van der Waals surface area (Å²) in [5.41, 5.74) is 1.17. The van der Waals surface area contributed by atoms with E-state index in [1.54, 1.807) is 17.0 Å². The molecule has 1 aliphatic carbocycles. The summed E-state index contributed by atoms with van der Waals surface area (Å²) in [7, 11) is 0. The van der Waals surface area contributed by atoms with Crippen molar-refractivity contribution in [2.75, 3.05) is 6.54 Å². The topological polar surface area (TPSA) is 80.5 Å². The van der Waals surface area contributed by atoms with Crippen LogP contribution in [-0.2, 0) is 16.1 Å². The number of allylic oxidation sites excluding steroid dienone is 1. The van der Waals surface area contributed by atoms with Crippen LogP contribution in [0.2, 0.25) is 0 Å². The first-order valence-corrected chi connectivity index (χ1v) is 10.2. The van der Waals surface area contributed by atoms with Gasteiger partial charge in [-0.3, -0.25) is 19.7 Å². The second-order valence-corrected chi connectivity index (χ2v) is 8.13. The summed E-state index contributed by atoms with van der Waals surface area (Å²) in [4.78, 5) is 39.3. The maximum atomic E-state index is 13.6. The molecule has 2 aromatic carbocycles. The second kappa shape index (κ2) is 7.86. The molecule has 2 fully saturated rings. The number of amides is 1. The quantitative estimate of drug-likeness (QED) is 0.420. The van der Waals surface area contributed by atoms with Crippen LogP contribution in [0.1, 0.15) is 36.8 Å². The Morgan fingerprint density at radius 3 is 2.60 bits per heavy atom. The molecule has 1 saturated heterocycles. The second-order valence-electron chi connectivity index (χ2n) is 8.13. The number of Topliss-reactive ketones (excluding diaryl/α,β-unsaturated/α-hetero) is 1. The van der Waals surface area contributed by atoms with Crippen molar-refractivity contribution in [1.82, 2.24) is 4.90 Å². The van der Waals surface area contributed by atoms with E-state index in [4.69, 9.17) is 0 Å². The fourth-order valence-corrected chi connectivity index (χ4v) is 5.00. The molecule has 1 spiro atoms. The summed E-state index contributed by atoms with van der Waals surface area (Å²) in [6.07, 6.45) is 2.20. The number of rotatable bonds is 5. The number of nitro groups is 1. The van der Waals surface area contributed by atoms with E-state index in [-0.39, 0.29) is 23.3 Å². The first-order chi connectivity index (χ1) is 14.4. The van der Waals surface area contributed by atoms with Gasteiger partial charge in [-0.2, -0.15) is 0 Å². The average Bonchev–Trinajstić information content (AvgIpc) is 3.13. The first kappa shape index (κ1) is 20.0. The van der Waals surface area contributed by atoms with Gasteiger partial charge in [-0.15, -0.1) is 0 Å². The fraction of sp³-hybridized carbons (Fsp3) is 0.333. The highest BCUT2D eigenvalue weighted by Crippen LogP contribution is 2.52. The monoisotopic (exact) mass is 404 g/mol. The standard InChI is InChI=1S/C24H24N2O4/c1-17(19-9-5-10-20(15-19)26(29)30)21-12-14-25(16-18-7-3-2-4-8-18)23(28)24(21)13-6-11-22(24)27/h2-5,7-10,15,21H,1,6,11-14,16H2/t21-,24+/m1/s1. The number of ketones is 1. The number of likely N-dealkylation sites (tertiary alicyclic amines) is 1. The summed E-state index contributed by atoms with van der Waals surface area (Å²) >= 11 is 0. The molecule has 1 aliphatic heterocycles. The molecular formula is C24H24N2O4. The van der Waals surface area contributed by atoms with Crippen molar-refractivity contribution in [3.63, 3.8) is 0 Å². The van der Waals surface area contributed by atoms with Crippen LogP contribution < -0.4 is 0 Å². The zero-order valence-corrected chi connectivity index (χ0v) is 16.8. The molecule has 0 bridgehead atoms.